The van der Waals surface area contributed by atoms with Crippen molar-refractivity contribution < 1.29 is 9.84 Å². The van der Waals surface area contributed by atoms with Gasteiger partial charge in [-0.2, -0.15) is 0 Å². The molecule has 3 heteroatoms. The number of benzene rings is 1. The average Bonchev–Trinajstić information content (AvgIpc) is 2.15. The quantitative estimate of drug-likeness (QED) is 0.575. The fourth-order valence-corrected chi connectivity index (χ4v) is 0.959. The lowest BCUT2D eigenvalue weighted by molar-refractivity contribution is -0.0972. The number of aliphatic hydroxyl groups excluding tert-OH is 1. The molecule has 1 atom stereocenters. The zero-order valence-electron chi connectivity index (χ0n) is 6.61. The molecule has 0 fully saturated rings. The minimum atomic E-state index is -0.857. The summed E-state index contributed by atoms with van der Waals surface area (Å²) in [6, 6.07) is 9.20. The third-order valence-corrected chi connectivity index (χ3v) is 1.59. The van der Waals surface area contributed by atoms with Crippen LogP contribution in [0.3, 0.4) is 0 Å². The summed E-state index contributed by atoms with van der Waals surface area (Å²) in [6.45, 7) is 0.359. The van der Waals surface area contributed by atoms with E-state index in [1.54, 1.807) is 12.1 Å². The molecule has 0 bridgehead atoms. The van der Waals surface area contributed by atoms with Gasteiger partial charge in [0, 0.05) is 11.4 Å². The van der Waals surface area contributed by atoms with Gasteiger partial charge in [0.1, 0.15) is 0 Å². The minimum Gasteiger partial charge on any atom is -0.364 e. The Kier molecular flexibility index (Phi) is 4.08. The lowest BCUT2D eigenvalue weighted by atomic mass is 10.2. The van der Waals surface area contributed by atoms with Crippen molar-refractivity contribution in [3.8, 4) is 0 Å². The number of hydrogen-bond donors (Lipinski definition) is 1. The standard InChI is InChI=1S/C9H11ClO2/c10-6-7-12-9(11)8-4-2-1-3-5-8/h1-5,9,11H,6-7H2. The van der Waals surface area contributed by atoms with E-state index in [-0.39, 0.29) is 0 Å². The van der Waals surface area contributed by atoms with Crippen LogP contribution in [0.25, 0.3) is 0 Å². The second kappa shape index (κ2) is 5.14. The Morgan fingerprint density at radius 2 is 2.00 bits per heavy atom. The van der Waals surface area contributed by atoms with E-state index in [2.05, 4.69) is 0 Å². The molecule has 0 aliphatic rings. The normalized spacial score (nSPS) is 12.8. The third kappa shape index (κ3) is 2.81. The Hall–Kier alpha value is -0.570. The van der Waals surface area contributed by atoms with Crippen LogP contribution in [-0.4, -0.2) is 17.6 Å². The first-order chi connectivity index (χ1) is 5.84. The van der Waals surface area contributed by atoms with Crippen LogP contribution in [-0.2, 0) is 4.74 Å². The predicted molar refractivity (Wildman–Crippen MR) is 48.1 cm³/mol. The van der Waals surface area contributed by atoms with E-state index in [1.807, 2.05) is 18.2 Å². The van der Waals surface area contributed by atoms with Crippen LogP contribution >= 0.6 is 11.6 Å². The highest BCUT2D eigenvalue weighted by Gasteiger charge is 2.04. The molecule has 1 aromatic rings. The largest absolute Gasteiger partial charge is 0.364 e. The first-order valence-corrected chi connectivity index (χ1v) is 4.28. The first-order valence-electron chi connectivity index (χ1n) is 3.75. The minimum absolute atomic E-state index is 0.359. The van der Waals surface area contributed by atoms with E-state index in [4.69, 9.17) is 16.3 Å². The van der Waals surface area contributed by atoms with Crippen LogP contribution in [0.1, 0.15) is 11.9 Å². The van der Waals surface area contributed by atoms with Crippen LogP contribution < -0.4 is 0 Å². The number of halogens is 1. The molecule has 0 radical (unpaired) electrons. The van der Waals surface area contributed by atoms with Crippen molar-refractivity contribution in [2.75, 3.05) is 12.5 Å². The Morgan fingerprint density at radius 3 is 2.58 bits per heavy atom. The van der Waals surface area contributed by atoms with Gasteiger partial charge in [0.2, 0.25) is 0 Å². The Bertz CT molecular complexity index is 213. The number of rotatable bonds is 4. The van der Waals surface area contributed by atoms with Gasteiger partial charge in [-0.25, -0.2) is 0 Å². The van der Waals surface area contributed by atoms with Crippen LogP contribution in [0, 0.1) is 0 Å². The maximum absolute atomic E-state index is 9.37. The van der Waals surface area contributed by atoms with Gasteiger partial charge in [0.05, 0.1) is 6.61 Å². The van der Waals surface area contributed by atoms with Crippen LogP contribution in [0.2, 0.25) is 0 Å². The third-order valence-electron chi connectivity index (χ3n) is 1.44. The lowest BCUT2D eigenvalue weighted by Gasteiger charge is -2.10. The molecule has 1 N–H and O–H groups in total. The Morgan fingerprint density at radius 1 is 1.33 bits per heavy atom. The van der Waals surface area contributed by atoms with Crippen molar-refractivity contribution in [1.82, 2.24) is 0 Å². The molecule has 1 aromatic carbocycles. The highest BCUT2D eigenvalue weighted by Crippen LogP contribution is 2.12. The number of hydrogen-bond acceptors (Lipinski definition) is 2. The summed E-state index contributed by atoms with van der Waals surface area (Å²) in [5, 5.41) is 9.37. The van der Waals surface area contributed by atoms with Gasteiger partial charge in [0.15, 0.2) is 6.29 Å². The summed E-state index contributed by atoms with van der Waals surface area (Å²) in [5.41, 5.74) is 0.752. The van der Waals surface area contributed by atoms with Crippen LogP contribution in [0.4, 0.5) is 0 Å². The van der Waals surface area contributed by atoms with E-state index in [0.717, 1.165) is 5.56 Å². The molecule has 66 valence electrons. The highest BCUT2D eigenvalue weighted by atomic mass is 35.5. The molecule has 1 rings (SSSR count). The van der Waals surface area contributed by atoms with E-state index in [9.17, 15) is 5.11 Å². The van der Waals surface area contributed by atoms with Gasteiger partial charge >= 0.3 is 0 Å². The predicted octanol–water partition coefficient (Wildman–Crippen LogP) is 1.93. The monoisotopic (exact) mass is 186 g/mol. The van der Waals surface area contributed by atoms with E-state index < -0.39 is 6.29 Å². The van der Waals surface area contributed by atoms with Crippen LogP contribution in [0.5, 0.6) is 0 Å². The second-order valence-corrected chi connectivity index (χ2v) is 2.70. The topological polar surface area (TPSA) is 29.5 Å². The molecule has 0 heterocycles. The van der Waals surface area contributed by atoms with Gasteiger partial charge in [-0.05, 0) is 0 Å². The van der Waals surface area contributed by atoms with E-state index >= 15 is 0 Å². The van der Waals surface area contributed by atoms with Crippen molar-refractivity contribution >= 4 is 11.6 Å². The summed E-state index contributed by atoms with van der Waals surface area (Å²) in [4.78, 5) is 0. The van der Waals surface area contributed by atoms with Gasteiger partial charge < -0.3 is 9.84 Å². The van der Waals surface area contributed by atoms with Crippen LogP contribution in [0.15, 0.2) is 30.3 Å². The molecular weight excluding hydrogens is 176 g/mol. The van der Waals surface area contributed by atoms with Gasteiger partial charge in [-0.1, -0.05) is 30.3 Å². The maximum atomic E-state index is 9.37. The maximum Gasteiger partial charge on any atom is 0.181 e. The molecule has 0 saturated heterocycles. The summed E-state index contributed by atoms with van der Waals surface area (Å²) >= 11 is 5.40. The Balaban J connectivity index is 2.48. The van der Waals surface area contributed by atoms with Crippen molar-refractivity contribution in [2.24, 2.45) is 0 Å². The first kappa shape index (κ1) is 9.52. The lowest BCUT2D eigenvalue weighted by Crippen LogP contribution is -2.04. The summed E-state index contributed by atoms with van der Waals surface area (Å²) < 4.78 is 5.00. The average molecular weight is 187 g/mol. The SMILES string of the molecule is OC(OCCCl)c1ccccc1. The van der Waals surface area contributed by atoms with Crippen molar-refractivity contribution in [2.45, 2.75) is 6.29 Å². The molecule has 0 amide bonds. The molecule has 0 aromatic heterocycles. The van der Waals surface area contributed by atoms with E-state index in [0.29, 0.717) is 12.5 Å². The van der Waals surface area contributed by atoms with Gasteiger partial charge in [0.25, 0.3) is 0 Å². The van der Waals surface area contributed by atoms with Crippen molar-refractivity contribution in [1.29, 1.82) is 0 Å². The van der Waals surface area contributed by atoms with E-state index in [1.165, 1.54) is 0 Å². The number of aliphatic hydroxyl groups is 1. The number of ether oxygens (including phenoxy) is 1. The molecule has 0 spiro atoms. The zero-order valence-corrected chi connectivity index (χ0v) is 7.37. The molecule has 2 nitrogen and oxygen atoms in total. The van der Waals surface area contributed by atoms with Gasteiger partial charge in [-0.15, -0.1) is 11.6 Å². The molecule has 1 unspecified atom stereocenters. The summed E-state index contributed by atoms with van der Waals surface area (Å²) in [6.07, 6.45) is -0.857. The Labute approximate surface area is 76.7 Å². The molecule has 0 saturated carbocycles. The fraction of sp³-hybridized carbons (Fsp3) is 0.333. The molecule has 12 heavy (non-hydrogen) atoms. The fourth-order valence-electron chi connectivity index (χ4n) is 0.870. The summed E-state index contributed by atoms with van der Waals surface area (Å²) in [5.74, 6) is 0.393. The molecular formula is C9H11ClO2. The smallest absolute Gasteiger partial charge is 0.181 e. The highest BCUT2D eigenvalue weighted by molar-refractivity contribution is 6.17. The number of alkyl halides is 1. The zero-order chi connectivity index (χ0) is 8.81. The van der Waals surface area contributed by atoms with Gasteiger partial charge in [-0.3, -0.25) is 0 Å². The molecule has 0 aliphatic carbocycles. The molecule has 0 aliphatic heterocycles. The van der Waals surface area contributed by atoms with Crippen molar-refractivity contribution in [3.05, 3.63) is 35.9 Å². The second-order valence-electron chi connectivity index (χ2n) is 2.32. The summed E-state index contributed by atoms with van der Waals surface area (Å²) in [7, 11) is 0. The van der Waals surface area contributed by atoms with Crippen molar-refractivity contribution in [3.63, 3.8) is 0 Å².